The van der Waals surface area contributed by atoms with Crippen molar-refractivity contribution in [1.29, 1.82) is 5.26 Å². The van der Waals surface area contributed by atoms with Crippen LogP contribution in [0.5, 0.6) is 0 Å². The van der Waals surface area contributed by atoms with E-state index in [4.69, 9.17) is 10.00 Å². The highest BCUT2D eigenvalue weighted by atomic mass is 16.5. The second-order valence-electron chi connectivity index (χ2n) is 4.51. The molecule has 1 saturated carbocycles. The van der Waals surface area contributed by atoms with E-state index in [1.165, 1.54) is 12.8 Å². The molecule has 0 bridgehead atoms. The summed E-state index contributed by atoms with van der Waals surface area (Å²) < 4.78 is 5.71. The molecule has 1 aliphatic heterocycles. The molecule has 3 heteroatoms. The lowest BCUT2D eigenvalue weighted by atomic mass is 10.1. The summed E-state index contributed by atoms with van der Waals surface area (Å²) in [6, 6.07) is 2.74. The van der Waals surface area contributed by atoms with Crippen LogP contribution in [0.15, 0.2) is 0 Å². The second-order valence-corrected chi connectivity index (χ2v) is 4.51. The zero-order chi connectivity index (χ0) is 9.97. The lowest BCUT2D eigenvalue weighted by molar-refractivity contribution is 0.0809. The number of rotatable bonds is 4. The highest BCUT2D eigenvalue weighted by molar-refractivity contribution is 4.94. The Morgan fingerprint density at radius 3 is 2.93 bits per heavy atom. The van der Waals surface area contributed by atoms with Gasteiger partial charge >= 0.3 is 0 Å². The Balaban J connectivity index is 1.76. The molecular formula is C11H18N2O. The van der Waals surface area contributed by atoms with E-state index in [1.54, 1.807) is 0 Å². The zero-order valence-corrected chi connectivity index (χ0v) is 8.70. The maximum absolute atomic E-state index is 8.67. The van der Waals surface area contributed by atoms with E-state index in [-0.39, 0.29) is 5.92 Å². The van der Waals surface area contributed by atoms with E-state index < -0.39 is 0 Å². The Bertz CT molecular complexity index is 232. The first-order chi connectivity index (χ1) is 6.81. The topological polar surface area (TPSA) is 45.0 Å². The highest BCUT2D eigenvalue weighted by Crippen LogP contribution is 2.38. The van der Waals surface area contributed by atoms with Crippen LogP contribution in [0.3, 0.4) is 0 Å². The van der Waals surface area contributed by atoms with E-state index in [1.807, 2.05) is 6.92 Å². The Kier molecular flexibility index (Phi) is 3.05. The molecule has 3 unspecified atom stereocenters. The van der Waals surface area contributed by atoms with Crippen molar-refractivity contribution in [3.63, 3.8) is 0 Å². The minimum atomic E-state index is 0.107. The molecule has 0 radical (unpaired) electrons. The number of nitrogens with zero attached hydrogens (tertiary/aromatic N) is 1. The minimum Gasteiger partial charge on any atom is -0.376 e. The van der Waals surface area contributed by atoms with Crippen LogP contribution in [0.1, 0.15) is 26.2 Å². The molecule has 0 aromatic heterocycles. The molecule has 0 spiro atoms. The van der Waals surface area contributed by atoms with Crippen molar-refractivity contribution in [1.82, 2.24) is 5.32 Å². The molecule has 0 aromatic rings. The van der Waals surface area contributed by atoms with Crippen molar-refractivity contribution in [3.8, 4) is 6.07 Å². The van der Waals surface area contributed by atoms with Crippen LogP contribution < -0.4 is 5.32 Å². The first kappa shape index (κ1) is 9.95. The van der Waals surface area contributed by atoms with Gasteiger partial charge in [0, 0.05) is 19.2 Å². The van der Waals surface area contributed by atoms with Gasteiger partial charge in [0.2, 0.25) is 0 Å². The standard InChI is InChI=1S/C11H18N2O/c1-8(6-12)7-13-10-4-5-14-11(10)9-2-3-9/h8-11,13H,2-5,7H2,1H3. The molecule has 1 heterocycles. The fraction of sp³-hybridized carbons (Fsp3) is 0.909. The van der Waals surface area contributed by atoms with Gasteiger partial charge in [-0.1, -0.05) is 0 Å². The number of hydrogen-bond acceptors (Lipinski definition) is 3. The molecule has 2 aliphatic rings. The summed E-state index contributed by atoms with van der Waals surface area (Å²) >= 11 is 0. The third-order valence-electron chi connectivity index (χ3n) is 3.13. The molecule has 0 aromatic carbocycles. The zero-order valence-electron chi connectivity index (χ0n) is 8.70. The van der Waals surface area contributed by atoms with Crippen LogP contribution in [0.4, 0.5) is 0 Å². The van der Waals surface area contributed by atoms with Gasteiger partial charge in [-0.2, -0.15) is 5.26 Å². The molecule has 2 rings (SSSR count). The third kappa shape index (κ3) is 2.26. The smallest absolute Gasteiger partial charge is 0.0756 e. The van der Waals surface area contributed by atoms with Crippen molar-refractivity contribution >= 4 is 0 Å². The van der Waals surface area contributed by atoms with Gasteiger partial charge in [0.05, 0.1) is 18.1 Å². The van der Waals surface area contributed by atoms with Gasteiger partial charge in [0.15, 0.2) is 0 Å². The van der Waals surface area contributed by atoms with Crippen LogP contribution in [0.2, 0.25) is 0 Å². The Morgan fingerprint density at radius 2 is 2.29 bits per heavy atom. The van der Waals surface area contributed by atoms with Crippen LogP contribution in [0, 0.1) is 23.2 Å². The predicted molar refractivity (Wildman–Crippen MR) is 53.6 cm³/mol. The van der Waals surface area contributed by atoms with E-state index in [0.717, 1.165) is 25.5 Å². The average molecular weight is 194 g/mol. The lowest BCUT2D eigenvalue weighted by Gasteiger charge is -2.19. The minimum absolute atomic E-state index is 0.107. The Morgan fingerprint density at radius 1 is 1.50 bits per heavy atom. The second kappa shape index (κ2) is 4.29. The van der Waals surface area contributed by atoms with Gasteiger partial charge in [0.25, 0.3) is 0 Å². The van der Waals surface area contributed by atoms with Gasteiger partial charge in [-0.05, 0) is 32.1 Å². The fourth-order valence-electron chi connectivity index (χ4n) is 2.09. The van der Waals surface area contributed by atoms with Gasteiger partial charge in [0.1, 0.15) is 0 Å². The molecule has 78 valence electrons. The quantitative estimate of drug-likeness (QED) is 0.733. The lowest BCUT2D eigenvalue weighted by Crippen LogP contribution is -2.39. The fourth-order valence-corrected chi connectivity index (χ4v) is 2.09. The average Bonchev–Trinajstić information content (AvgIpc) is 2.94. The predicted octanol–water partition coefficient (Wildman–Crippen LogP) is 1.30. The largest absolute Gasteiger partial charge is 0.376 e. The summed E-state index contributed by atoms with van der Waals surface area (Å²) in [6.45, 7) is 3.64. The summed E-state index contributed by atoms with van der Waals surface area (Å²) in [7, 11) is 0. The van der Waals surface area contributed by atoms with E-state index in [2.05, 4.69) is 11.4 Å². The summed E-state index contributed by atoms with van der Waals surface area (Å²) in [4.78, 5) is 0. The Hall–Kier alpha value is -0.590. The molecule has 3 nitrogen and oxygen atoms in total. The summed E-state index contributed by atoms with van der Waals surface area (Å²) in [5, 5.41) is 12.1. The molecular weight excluding hydrogens is 176 g/mol. The van der Waals surface area contributed by atoms with Crippen LogP contribution >= 0.6 is 0 Å². The van der Waals surface area contributed by atoms with Crippen LogP contribution in [-0.4, -0.2) is 25.3 Å². The molecule has 1 N–H and O–H groups in total. The number of nitrogens with one attached hydrogen (secondary N) is 1. The summed E-state index contributed by atoms with van der Waals surface area (Å²) in [5.74, 6) is 0.905. The van der Waals surface area contributed by atoms with Gasteiger partial charge in [-0.3, -0.25) is 0 Å². The van der Waals surface area contributed by atoms with Gasteiger partial charge in [-0.25, -0.2) is 0 Å². The highest BCUT2D eigenvalue weighted by Gasteiger charge is 2.40. The monoisotopic (exact) mass is 194 g/mol. The van der Waals surface area contributed by atoms with Gasteiger partial charge < -0.3 is 10.1 Å². The van der Waals surface area contributed by atoms with Crippen LogP contribution in [-0.2, 0) is 4.74 Å². The normalized spacial score (nSPS) is 34.0. The van der Waals surface area contributed by atoms with E-state index in [9.17, 15) is 0 Å². The SMILES string of the molecule is CC(C#N)CNC1CCOC1C1CC1. The first-order valence-electron chi connectivity index (χ1n) is 5.56. The molecule has 3 atom stereocenters. The van der Waals surface area contributed by atoms with Crippen molar-refractivity contribution in [2.24, 2.45) is 11.8 Å². The molecule has 1 aliphatic carbocycles. The van der Waals surface area contributed by atoms with Crippen molar-refractivity contribution in [3.05, 3.63) is 0 Å². The van der Waals surface area contributed by atoms with Crippen LogP contribution in [0.25, 0.3) is 0 Å². The Labute approximate surface area is 85.4 Å². The molecule has 2 fully saturated rings. The van der Waals surface area contributed by atoms with Crippen molar-refractivity contribution < 1.29 is 4.74 Å². The molecule has 0 amide bonds. The van der Waals surface area contributed by atoms with E-state index >= 15 is 0 Å². The van der Waals surface area contributed by atoms with E-state index in [0.29, 0.717) is 12.1 Å². The number of nitriles is 1. The molecule has 1 saturated heterocycles. The summed E-state index contributed by atoms with van der Waals surface area (Å²) in [6.07, 6.45) is 4.20. The maximum Gasteiger partial charge on any atom is 0.0756 e. The molecule has 14 heavy (non-hydrogen) atoms. The first-order valence-corrected chi connectivity index (χ1v) is 5.56. The third-order valence-corrected chi connectivity index (χ3v) is 3.13. The summed E-state index contributed by atoms with van der Waals surface area (Å²) in [5.41, 5.74) is 0. The number of ether oxygens (including phenoxy) is 1. The van der Waals surface area contributed by atoms with Crippen molar-refractivity contribution in [2.75, 3.05) is 13.2 Å². The number of hydrogen-bond donors (Lipinski definition) is 1. The maximum atomic E-state index is 8.67. The van der Waals surface area contributed by atoms with Gasteiger partial charge in [-0.15, -0.1) is 0 Å². The van der Waals surface area contributed by atoms with Crippen molar-refractivity contribution in [2.45, 2.75) is 38.3 Å².